The highest BCUT2D eigenvalue weighted by Gasteiger charge is 2.05. The third-order valence-electron chi connectivity index (χ3n) is 5.97. The molecule has 3 aromatic heterocycles. The lowest BCUT2D eigenvalue weighted by atomic mass is 10.1. The summed E-state index contributed by atoms with van der Waals surface area (Å²) in [5, 5.41) is 2.48. The zero-order chi connectivity index (χ0) is 29.7. The van der Waals surface area contributed by atoms with Crippen molar-refractivity contribution in [3.8, 4) is 0 Å². The van der Waals surface area contributed by atoms with Crippen LogP contribution < -0.4 is 40.1 Å². The van der Waals surface area contributed by atoms with Crippen LogP contribution >= 0.6 is 15.9 Å². The van der Waals surface area contributed by atoms with Crippen LogP contribution in [0.3, 0.4) is 0 Å². The van der Waals surface area contributed by atoms with Crippen molar-refractivity contribution < 1.29 is 0 Å². The quantitative estimate of drug-likeness (QED) is 0.148. The average Bonchev–Trinajstić information content (AvgIpc) is 2.92. The predicted molar refractivity (Wildman–Crippen MR) is 170 cm³/mol. The van der Waals surface area contributed by atoms with Gasteiger partial charge in [0.1, 0.15) is 17.5 Å². The molecule has 0 unspecified atom stereocenters. The maximum atomic E-state index is 5.72. The minimum absolute atomic E-state index is 0.184. The Morgan fingerprint density at radius 3 is 1.37 bits per heavy atom. The standard InChI is InChI=1S/C10H12N4.C9H11N5.C8H7BrN4/c1-2-6-3-4-7-8(5-6)13-10(12)14-9(7)11;10-4-5-1-2-6-7(3-5)13-9(12)14-8(6)11;9-4-1-2-5-6(3-4)12-8(11)13-7(5)10/h3-5H,2H2,1H3,(H4,11,12,13,14);1-3H,4,10H2,(H4,11,12,13,14);1-3H,(H4,10,11,12,13). The molecule has 3 heterocycles. The zero-order valence-electron chi connectivity index (χ0n) is 22.2. The number of fused-ring (bicyclic) bond motifs is 3. The second-order valence-electron chi connectivity index (χ2n) is 8.82. The molecule has 0 bridgehead atoms. The van der Waals surface area contributed by atoms with E-state index in [4.69, 9.17) is 40.1 Å². The van der Waals surface area contributed by atoms with Gasteiger partial charge in [0.2, 0.25) is 17.8 Å². The summed E-state index contributed by atoms with van der Waals surface area (Å²) in [6, 6.07) is 17.2. The highest BCUT2D eigenvalue weighted by Crippen LogP contribution is 2.23. The number of rotatable bonds is 2. The fourth-order valence-electron chi connectivity index (χ4n) is 3.93. The first-order chi connectivity index (χ1) is 19.6. The molecule has 0 saturated heterocycles. The third kappa shape index (κ3) is 6.93. The number of hydrogen-bond donors (Lipinski definition) is 7. The second-order valence-corrected chi connectivity index (χ2v) is 9.74. The van der Waals surface area contributed by atoms with E-state index in [1.165, 1.54) is 5.56 Å². The lowest BCUT2D eigenvalue weighted by molar-refractivity contribution is 1.07. The molecular weight excluding hydrogens is 586 g/mol. The minimum Gasteiger partial charge on any atom is -0.383 e. The summed E-state index contributed by atoms with van der Waals surface area (Å²) in [4.78, 5) is 23.9. The number of benzene rings is 3. The van der Waals surface area contributed by atoms with Gasteiger partial charge in [-0.1, -0.05) is 35.0 Å². The molecule has 0 aliphatic heterocycles. The summed E-state index contributed by atoms with van der Waals surface area (Å²) in [6.45, 7) is 2.56. The van der Waals surface area contributed by atoms with Crippen LogP contribution in [0.5, 0.6) is 0 Å². The minimum atomic E-state index is 0.184. The van der Waals surface area contributed by atoms with Gasteiger partial charge in [-0.15, -0.1) is 0 Å². The SMILES string of the molecule is CCc1ccc2c(N)nc(N)nc2c1.NCc1ccc2c(N)nc(N)nc2c1.Nc1nc(N)c2ccc(Br)cc2n1. The van der Waals surface area contributed by atoms with Crippen LogP contribution in [-0.4, -0.2) is 29.9 Å². The number of nitrogen functional groups attached to an aromatic ring is 6. The maximum absolute atomic E-state index is 5.72. The Bertz CT molecular complexity index is 1760. The second kappa shape index (κ2) is 12.4. The third-order valence-corrected chi connectivity index (χ3v) is 6.46. The largest absolute Gasteiger partial charge is 0.383 e. The van der Waals surface area contributed by atoms with Crippen molar-refractivity contribution in [2.45, 2.75) is 19.9 Å². The van der Waals surface area contributed by atoms with Crippen molar-refractivity contribution in [2.75, 3.05) is 34.4 Å². The molecule has 3 aromatic carbocycles. The van der Waals surface area contributed by atoms with E-state index in [-0.39, 0.29) is 17.8 Å². The Labute approximate surface area is 243 Å². The summed E-state index contributed by atoms with van der Waals surface area (Å²) in [5.41, 5.74) is 43.5. The van der Waals surface area contributed by atoms with Crippen molar-refractivity contribution in [1.82, 2.24) is 29.9 Å². The molecule has 14 heteroatoms. The van der Waals surface area contributed by atoms with Crippen molar-refractivity contribution in [1.29, 1.82) is 0 Å². The Morgan fingerprint density at radius 1 is 0.537 bits per heavy atom. The molecule has 0 radical (unpaired) electrons. The molecule has 13 nitrogen and oxygen atoms in total. The monoisotopic (exact) mass is 615 g/mol. The zero-order valence-corrected chi connectivity index (χ0v) is 23.8. The van der Waals surface area contributed by atoms with E-state index in [0.717, 1.165) is 49.2 Å². The Hall–Kier alpha value is -5.08. The average molecular weight is 617 g/mol. The molecule has 6 aromatic rings. The van der Waals surface area contributed by atoms with E-state index in [2.05, 4.69) is 52.8 Å². The van der Waals surface area contributed by atoms with Crippen LogP contribution in [0.25, 0.3) is 32.7 Å². The Balaban J connectivity index is 0.000000142. The molecule has 0 aliphatic carbocycles. The van der Waals surface area contributed by atoms with Crippen LogP contribution in [0, 0.1) is 0 Å². The summed E-state index contributed by atoms with van der Waals surface area (Å²) >= 11 is 3.34. The van der Waals surface area contributed by atoms with Crippen LogP contribution in [-0.2, 0) is 13.0 Å². The van der Waals surface area contributed by atoms with E-state index in [9.17, 15) is 0 Å². The normalized spacial score (nSPS) is 10.6. The van der Waals surface area contributed by atoms with Gasteiger partial charge >= 0.3 is 0 Å². The molecule has 0 atom stereocenters. The van der Waals surface area contributed by atoms with Gasteiger partial charge in [-0.05, 0) is 60.0 Å². The smallest absolute Gasteiger partial charge is 0.222 e. The number of halogens is 1. The van der Waals surface area contributed by atoms with Crippen molar-refractivity contribution >= 4 is 83.9 Å². The number of aromatic nitrogens is 6. The predicted octanol–water partition coefficient (Wildman–Crippen LogP) is 3.17. The fraction of sp³-hybridized carbons (Fsp3) is 0.111. The van der Waals surface area contributed by atoms with Crippen molar-refractivity contribution in [3.05, 3.63) is 70.2 Å². The van der Waals surface area contributed by atoms with Gasteiger partial charge in [0.15, 0.2) is 0 Å². The van der Waals surface area contributed by atoms with Gasteiger partial charge in [0.05, 0.1) is 16.6 Å². The first-order valence-corrected chi connectivity index (χ1v) is 13.2. The van der Waals surface area contributed by atoms with Crippen molar-refractivity contribution in [2.24, 2.45) is 5.73 Å². The number of nitrogens with zero attached hydrogens (tertiary/aromatic N) is 6. The summed E-state index contributed by atoms with van der Waals surface area (Å²) in [5.74, 6) is 1.86. The molecule has 0 aliphatic rings. The topological polar surface area (TPSA) is 259 Å². The molecule has 0 spiro atoms. The molecular formula is C27H30BrN13. The van der Waals surface area contributed by atoms with Crippen LogP contribution in [0.1, 0.15) is 18.1 Å². The van der Waals surface area contributed by atoms with Gasteiger partial charge in [0, 0.05) is 27.2 Å². The molecule has 0 fully saturated rings. The van der Waals surface area contributed by atoms with Crippen LogP contribution in [0.15, 0.2) is 59.1 Å². The molecule has 0 amide bonds. The van der Waals surface area contributed by atoms with Crippen LogP contribution in [0.2, 0.25) is 0 Å². The number of anilines is 6. The van der Waals surface area contributed by atoms with Gasteiger partial charge in [-0.3, -0.25) is 0 Å². The highest BCUT2D eigenvalue weighted by molar-refractivity contribution is 9.10. The van der Waals surface area contributed by atoms with Crippen LogP contribution in [0.4, 0.5) is 35.3 Å². The number of aryl methyl sites for hydroxylation is 1. The summed E-state index contributed by atoms with van der Waals surface area (Å²) in [6.07, 6.45) is 0.972. The first-order valence-electron chi connectivity index (χ1n) is 12.4. The lowest BCUT2D eigenvalue weighted by Crippen LogP contribution is -2.02. The van der Waals surface area contributed by atoms with E-state index in [0.29, 0.717) is 24.0 Å². The molecule has 14 N–H and O–H groups in total. The maximum Gasteiger partial charge on any atom is 0.222 e. The molecule has 41 heavy (non-hydrogen) atoms. The fourth-order valence-corrected chi connectivity index (χ4v) is 4.28. The van der Waals surface area contributed by atoms with Crippen molar-refractivity contribution in [3.63, 3.8) is 0 Å². The van der Waals surface area contributed by atoms with Gasteiger partial charge in [0.25, 0.3) is 0 Å². The van der Waals surface area contributed by atoms with Gasteiger partial charge in [-0.2, -0.15) is 15.0 Å². The lowest BCUT2D eigenvalue weighted by Gasteiger charge is -2.03. The van der Waals surface area contributed by atoms with E-state index in [1.54, 1.807) is 0 Å². The summed E-state index contributed by atoms with van der Waals surface area (Å²) in [7, 11) is 0. The summed E-state index contributed by atoms with van der Waals surface area (Å²) < 4.78 is 0.942. The highest BCUT2D eigenvalue weighted by atomic mass is 79.9. The molecule has 210 valence electrons. The van der Waals surface area contributed by atoms with E-state index in [1.807, 2.05) is 54.6 Å². The van der Waals surface area contributed by atoms with Gasteiger partial charge in [-0.25, -0.2) is 15.0 Å². The Morgan fingerprint density at radius 2 is 0.927 bits per heavy atom. The van der Waals surface area contributed by atoms with E-state index >= 15 is 0 Å². The van der Waals surface area contributed by atoms with Gasteiger partial charge < -0.3 is 40.1 Å². The number of hydrogen-bond acceptors (Lipinski definition) is 13. The Kier molecular flexibility index (Phi) is 8.75. The molecule has 0 saturated carbocycles. The first kappa shape index (κ1) is 28.9. The van der Waals surface area contributed by atoms with E-state index < -0.39 is 0 Å². The molecule has 6 rings (SSSR count). The number of nitrogens with two attached hydrogens (primary N) is 7.